The van der Waals surface area contributed by atoms with Crippen molar-refractivity contribution >= 4 is 15.7 Å². The fourth-order valence-corrected chi connectivity index (χ4v) is 2.60. The molecule has 0 aliphatic heterocycles. The molecule has 0 radical (unpaired) electrons. The number of hydrogen-bond acceptors (Lipinski definition) is 5. The van der Waals surface area contributed by atoms with Gasteiger partial charge in [0.1, 0.15) is 17.3 Å². The number of H-pyrrole nitrogens is 1. The number of phenols is 1. The molecule has 1 heterocycles. The van der Waals surface area contributed by atoms with E-state index in [-0.39, 0.29) is 16.5 Å². The summed E-state index contributed by atoms with van der Waals surface area (Å²) in [5.41, 5.74) is 0.0680. The molecule has 0 saturated heterocycles. The van der Waals surface area contributed by atoms with E-state index in [1.807, 2.05) is 6.92 Å². The zero-order valence-electron chi connectivity index (χ0n) is 11.0. The van der Waals surface area contributed by atoms with Gasteiger partial charge in [0.25, 0.3) is 10.0 Å². The van der Waals surface area contributed by atoms with Gasteiger partial charge in [0.2, 0.25) is 0 Å². The molecular weight excluding hydrogens is 282 g/mol. The molecule has 0 bridgehead atoms. The number of aromatic hydroxyl groups is 1. The number of phenolic OH excluding ortho intramolecular Hbond substituents is 1. The van der Waals surface area contributed by atoms with Crippen LogP contribution in [-0.2, 0) is 16.4 Å². The number of aryl methyl sites for hydroxylation is 1. The Balaban J connectivity index is 2.28. The SMILES string of the molecule is CCc1ncc(S(=O)(=O)Nc2ccc(OC)cc2O)[nH]1. The fourth-order valence-electron chi connectivity index (χ4n) is 1.58. The molecular formula is C12H15N3O4S. The maximum absolute atomic E-state index is 12.1. The summed E-state index contributed by atoms with van der Waals surface area (Å²) in [7, 11) is -2.36. The molecule has 0 aliphatic rings. The molecule has 0 aliphatic carbocycles. The monoisotopic (exact) mass is 297 g/mol. The minimum absolute atomic E-state index is 0.0513. The lowest BCUT2D eigenvalue weighted by molar-refractivity contribution is 0.408. The molecule has 1 aromatic carbocycles. The van der Waals surface area contributed by atoms with Crippen molar-refractivity contribution in [1.82, 2.24) is 9.97 Å². The fraction of sp³-hybridized carbons (Fsp3) is 0.250. The molecule has 0 atom stereocenters. The summed E-state index contributed by atoms with van der Waals surface area (Å²) in [5.74, 6) is 0.785. The van der Waals surface area contributed by atoms with Crippen molar-refractivity contribution in [3.63, 3.8) is 0 Å². The average Bonchev–Trinajstić information content (AvgIpc) is 2.90. The number of imidazole rings is 1. The number of methoxy groups -OCH3 is 1. The van der Waals surface area contributed by atoms with Gasteiger partial charge in [-0.05, 0) is 12.1 Å². The Hall–Kier alpha value is -2.22. The normalized spacial score (nSPS) is 11.3. The standard InChI is InChI=1S/C12H15N3O4S/c1-3-11-13-7-12(14-11)20(17,18)15-9-5-4-8(19-2)6-10(9)16/h4-7,15-16H,3H2,1-2H3,(H,13,14). The van der Waals surface area contributed by atoms with Crippen LogP contribution >= 0.6 is 0 Å². The maximum Gasteiger partial charge on any atom is 0.279 e. The van der Waals surface area contributed by atoms with Gasteiger partial charge in [-0.25, -0.2) is 4.98 Å². The number of anilines is 1. The third-order valence-corrected chi connectivity index (χ3v) is 3.95. The predicted molar refractivity (Wildman–Crippen MR) is 73.4 cm³/mol. The molecule has 2 rings (SSSR count). The zero-order valence-corrected chi connectivity index (χ0v) is 11.9. The Morgan fingerprint density at radius 3 is 2.75 bits per heavy atom. The Morgan fingerprint density at radius 1 is 1.45 bits per heavy atom. The van der Waals surface area contributed by atoms with Crippen LogP contribution in [-0.4, -0.2) is 30.6 Å². The first-order valence-electron chi connectivity index (χ1n) is 5.90. The van der Waals surface area contributed by atoms with Crippen LogP contribution in [0.4, 0.5) is 5.69 Å². The first kappa shape index (κ1) is 14.2. The molecule has 0 amide bonds. The Labute approximate surface area is 116 Å². The topological polar surface area (TPSA) is 104 Å². The van der Waals surface area contributed by atoms with Crippen molar-refractivity contribution in [2.24, 2.45) is 0 Å². The van der Waals surface area contributed by atoms with E-state index in [2.05, 4.69) is 14.7 Å². The van der Waals surface area contributed by atoms with Crippen LogP contribution in [0.25, 0.3) is 0 Å². The smallest absolute Gasteiger partial charge is 0.279 e. The lowest BCUT2D eigenvalue weighted by Gasteiger charge is -2.09. The van der Waals surface area contributed by atoms with Gasteiger partial charge in [0.15, 0.2) is 5.03 Å². The Bertz CT molecular complexity index is 709. The van der Waals surface area contributed by atoms with E-state index in [4.69, 9.17) is 4.74 Å². The summed E-state index contributed by atoms with van der Waals surface area (Å²) in [4.78, 5) is 6.63. The van der Waals surface area contributed by atoms with Gasteiger partial charge in [-0.2, -0.15) is 8.42 Å². The summed E-state index contributed by atoms with van der Waals surface area (Å²) in [6, 6.07) is 4.28. The highest BCUT2D eigenvalue weighted by Gasteiger charge is 2.18. The number of sulfonamides is 1. The highest BCUT2D eigenvalue weighted by atomic mass is 32.2. The number of aromatic nitrogens is 2. The molecule has 0 fully saturated rings. The second-order valence-electron chi connectivity index (χ2n) is 4.04. The Morgan fingerprint density at radius 2 is 2.20 bits per heavy atom. The van der Waals surface area contributed by atoms with Crippen LogP contribution in [0.3, 0.4) is 0 Å². The highest BCUT2D eigenvalue weighted by Crippen LogP contribution is 2.29. The predicted octanol–water partition coefficient (Wildman–Crippen LogP) is 1.49. The summed E-state index contributed by atoms with van der Waals surface area (Å²) >= 11 is 0. The molecule has 7 nitrogen and oxygen atoms in total. The maximum atomic E-state index is 12.1. The van der Waals surface area contributed by atoms with Crippen LogP contribution in [0, 0.1) is 0 Å². The van der Waals surface area contributed by atoms with Crippen LogP contribution < -0.4 is 9.46 Å². The lowest BCUT2D eigenvalue weighted by atomic mass is 10.3. The molecule has 8 heteroatoms. The van der Waals surface area contributed by atoms with E-state index in [1.165, 1.54) is 25.4 Å². The van der Waals surface area contributed by atoms with E-state index in [0.717, 1.165) is 0 Å². The van der Waals surface area contributed by atoms with Gasteiger partial charge in [-0.1, -0.05) is 6.92 Å². The van der Waals surface area contributed by atoms with E-state index in [9.17, 15) is 13.5 Å². The van der Waals surface area contributed by atoms with Gasteiger partial charge >= 0.3 is 0 Å². The van der Waals surface area contributed by atoms with Crippen molar-refractivity contribution in [1.29, 1.82) is 0 Å². The van der Waals surface area contributed by atoms with Crippen LogP contribution in [0.1, 0.15) is 12.7 Å². The van der Waals surface area contributed by atoms with Gasteiger partial charge in [-0.15, -0.1) is 0 Å². The van der Waals surface area contributed by atoms with Crippen molar-refractivity contribution in [3.05, 3.63) is 30.2 Å². The summed E-state index contributed by atoms with van der Waals surface area (Å²) in [6.07, 6.45) is 1.84. The minimum atomic E-state index is -3.81. The van der Waals surface area contributed by atoms with Crippen molar-refractivity contribution in [3.8, 4) is 11.5 Å². The number of aromatic amines is 1. The third-order valence-electron chi connectivity index (χ3n) is 2.68. The van der Waals surface area contributed by atoms with Crippen LogP contribution in [0.5, 0.6) is 11.5 Å². The molecule has 0 saturated carbocycles. The molecule has 108 valence electrons. The summed E-state index contributed by atoms with van der Waals surface area (Å²) < 4.78 is 31.4. The molecule has 20 heavy (non-hydrogen) atoms. The van der Waals surface area contributed by atoms with Crippen molar-refractivity contribution in [2.45, 2.75) is 18.4 Å². The van der Waals surface area contributed by atoms with Crippen LogP contribution in [0.2, 0.25) is 0 Å². The largest absolute Gasteiger partial charge is 0.506 e. The minimum Gasteiger partial charge on any atom is -0.506 e. The van der Waals surface area contributed by atoms with Crippen molar-refractivity contribution < 1.29 is 18.3 Å². The molecule has 0 unspecified atom stereocenters. The summed E-state index contributed by atoms with van der Waals surface area (Å²) in [5, 5.41) is 9.70. The Kier molecular flexibility index (Phi) is 3.84. The molecule has 3 N–H and O–H groups in total. The highest BCUT2D eigenvalue weighted by molar-refractivity contribution is 7.92. The number of benzene rings is 1. The van der Waals surface area contributed by atoms with Crippen LogP contribution in [0.15, 0.2) is 29.4 Å². The van der Waals surface area contributed by atoms with E-state index >= 15 is 0 Å². The second-order valence-corrected chi connectivity index (χ2v) is 5.69. The third kappa shape index (κ3) is 2.85. The first-order valence-corrected chi connectivity index (χ1v) is 7.38. The van der Waals surface area contributed by atoms with Gasteiger partial charge in [0.05, 0.1) is 19.0 Å². The zero-order chi connectivity index (χ0) is 14.8. The first-order chi connectivity index (χ1) is 9.46. The molecule has 1 aromatic heterocycles. The number of nitrogens with zero attached hydrogens (tertiary/aromatic N) is 1. The van der Waals surface area contributed by atoms with Gasteiger partial charge < -0.3 is 14.8 Å². The number of nitrogens with one attached hydrogen (secondary N) is 2. The molecule has 2 aromatic rings. The van der Waals surface area contributed by atoms with E-state index in [1.54, 1.807) is 6.07 Å². The number of rotatable bonds is 5. The summed E-state index contributed by atoms with van der Waals surface area (Å²) in [6.45, 7) is 1.86. The van der Waals surface area contributed by atoms with E-state index in [0.29, 0.717) is 18.0 Å². The lowest BCUT2D eigenvalue weighted by Crippen LogP contribution is -2.13. The van der Waals surface area contributed by atoms with Gasteiger partial charge in [-0.3, -0.25) is 4.72 Å². The average molecular weight is 297 g/mol. The van der Waals surface area contributed by atoms with Crippen molar-refractivity contribution in [2.75, 3.05) is 11.8 Å². The van der Waals surface area contributed by atoms with Gasteiger partial charge in [0, 0.05) is 12.5 Å². The number of ether oxygens (including phenoxy) is 1. The molecule has 0 spiro atoms. The second kappa shape index (κ2) is 5.41. The number of hydrogen-bond donors (Lipinski definition) is 3. The van der Waals surface area contributed by atoms with E-state index < -0.39 is 10.0 Å². The quantitative estimate of drug-likeness (QED) is 0.725.